The van der Waals surface area contributed by atoms with Gasteiger partial charge in [-0.15, -0.1) is 0 Å². The first-order chi connectivity index (χ1) is 15.7. The monoisotopic (exact) mass is 427 g/mol. The maximum atomic E-state index is 14.0. The molecule has 0 fully saturated rings. The first kappa shape index (κ1) is 19.4. The fourth-order valence-electron chi connectivity index (χ4n) is 5.15. The van der Waals surface area contributed by atoms with Crippen molar-refractivity contribution < 1.29 is 19.0 Å². The van der Waals surface area contributed by atoms with Crippen LogP contribution in [0.3, 0.4) is 0 Å². The average Bonchev–Trinajstić information content (AvgIpc) is 3.50. The number of para-hydroxylation sites is 1. The van der Waals surface area contributed by atoms with Crippen molar-refractivity contribution in [1.82, 2.24) is 0 Å². The molecule has 0 N–H and O–H groups in total. The van der Waals surface area contributed by atoms with E-state index in [4.69, 9.17) is 14.2 Å². The van der Waals surface area contributed by atoms with E-state index >= 15 is 0 Å². The molecule has 0 bridgehead atoms. The SMILES string of the molecule is C[C@@H](CN1C(=O)C2(COc3cc4c(cc32)CCO4)c2ccccc21)OCc1ccccc1. The van der Waals surface area contributed by atoms with Gasteiger partial charge in [-0.1, -0.05) is 48.5 Å². The molecular formula is C27H25NO4. The molecule has 3 aliphatic rings. The highest BCUT2D eigenvalue weighted by Gasteiger charge is 2.57. The molecule has 5 nitrogen and oxygen atoms in total. The molecule has 0 saturated heterocycles. The zero-order valence-corrected chi connectivity index (χ0v) is 18.0. The second-order valence-electron chi connectivity index (χ2n) is 8.79. The van der Waals surface area contributed by atoms with E-state index in [2.05, 4.69) is 12.1 Å². The van der Waals surface area contributed by atoms with Crippen LogP contribution in [-0.4, -0.2) is 31.8 Å². The van der Waals surface area contributed by atoms with Crippen LogP contribution in [0.4, 0.5) is 5.69 Å². The number of ether oxygens (including phenoxy) is 3. The Labute approximate surface area is 187 Å². The molecule has 0 saturated carbocycles. The van der Waals surface area contributed by atoms with Gasteiger partial charge in [-0.05, 0) is 35.7 Å². The number of nitrogens with zero attached hydrogens (tertiary/aromatic N) is 1. The summed E-state index contributed by atoms with van der Waals surface area (Å²) in [6.45, 7) is 4.03. The molecule has 0 aromatic heterocycles. The van der Waals surface area contributed by atoms with Crippen LogP contribution < -0.4 is 14.4 Å². The lowest BCUT2D eigenvalue weighted by atomic mass is 9.76. The Morgan fingerprint density at radius 3 is 2.69 bits per heavy atom. The van der Waals surface area contributed by atoms with Gasteiger partial charge in [0.15, 0.2) is 0 Å². The Morgan fingerprint density at radius 2 is 1.81 bits per heavy atom. The predicted octanol–water partition coefficient (Wildman–Crippen LogP) is 4.25. The van der Waals surface area contributed by atoms with E-state index in [1.807, 2.05) is 66.4 Å². The minimum Gasteiger partial charge on any atom is -0.493 e. The average molecular weight is 428 g/mol. The summed E-state index contributed by atoms with van der Waals surface area (Å²) in [5, 5.41) is 0. The van der Waals surface area contributed by atoms with Gasteiger partial charge >= 0.3 is 0 Å². The fourth-order valence-corrected chi connectivity index (χ4v) is 5.15. The Kier molecular flexibility index (Phi) is 4.47. The van der Waals surface area contributed by atoms with Crippen LogP contribution in [0.15, 0.2) is 66.7 Å². The summed E-state index contributed by atoms with van der Waals surface area (Å²) in [5.41, 5.74) is 4.39. The number of hydrogen-bond acceptors (Lipinski definition) is 4. The summed E-state index contributed by atoms with van der Waals surface area (Å²) in [5.74, 6) is 1.69. The molecule has 6 rings (SSSR count). The number of carbonyl (C=O) groups is 1. The molecule has 1 amide bonds. The largest absolute Gasteiger partial charge is 0.493 e. The highest BCUT2D eigenvalue weighted by Crippen LogP contribution is 2.53. The number of hydrogen-bond donors (Lipinski definition) is 0. The quantitative estimate of drug-likeness (QED) is 0.611. The van der Waals surface area contributed by atoms with E-state index in [0.29, 0.717) is 26.4 Å². The Balaban J connectivity index is 1.32. The summed E-state index contributed by atoms with van der Waals surface area (Å²) in [6.07, 6.45) is 0.750. The summed E-state index contributed by atoms with van der Waals surface area (Å²) in [6, 6.07) is 22.3. The van der Waals surface area contributed by atoms with Gasteiger partial charge in [-0.3, -0.25) is 4.79 Å². The second kappa shape index (κ2) is 7.38. The molecule has 3 aromatic carbocycles. The highest BCUT2D eigenvalue weighted by atomic mass is 16.5. The lowest BCUT2D eigenvalue weighted by Crippen LogP contribution is -2.45. The zero-order valence-electron chi connectivity index (χ0n) is 18.0. The van der Waals surface area contributed by atoms with Crippen molar-refractivity contribution in [3.05, 3.63) is 89.0 Å². The molecule has 3 aliphatic heterocycles. The molecule has 162 valence electrons. The number of carbonyl (C=O) groups excluding carboxylic acids is 1. The molecule has 3 aromatic rings. The van der Waals surface area contributed by atoms with E-state index in [1.165, 1.54) is 0 Å². The van der Waals surface area contributed by atoms with Crippen LogP contribution in [0.5, 0.6) is 11.5 Å². The molecule has 3 heterocycles. The third-order valence-electron chi connectivity index (χ3n) is 6.78. The number of fused-ring (bicyclic) bond motifs is 5. The first-order valence-electron chi connectivity index (χ1n) is 11.2. The highest BCUT2D eigenvalue weighted by molar-refractivity contribution is 6.11. The summed E-state index contributed by atoms with van der Waals surface area (Å²) in [4.78, 5) is 15.9. The molecule has 1 unspecified atom stereocenters. The van der Waals surface area contributed by atoms with Crippen LogP contribution in [0.1, 0.15) is 29.2 Å². The van der Waals surface area contributed by atoms with Crippen molar-refractivity contribution >= 4 is 11.6 Å². The smallest absolute Gasteiger partial charge is 0.245 e. The Hall–Kier alpha value is -3.31. The minimum absolute atomic E-state index is 0.0616. The van der Waals surface area contributed by atoms with Gasteiger partial charge in [0, 0.05) is 23.7 Å². The van der Waals surface area contributed by atoms with E-state index in [0.717, 1.165) is 45.9 Å². The van der Waals surface area contributed by atoms with Crippen LogP contribution in [0, 0.1) is 0 Å². The normalized spacial score (nSPS) is 21.2. The topological polar surface area (TPSA) is 48.0 Å². The summed E-state index contributed by atoms with van der Waals surface area (Å²) < 4.78 is 17.9. The van der Waals surface area contributed by atoms with Gasteiger partial charge < -0.3 is 19.1 Å². The maximum Gasteiger partial charge on any atom is 0.245 e. The van der Waals surface area contributed by atoms with Crippen molar-refractivity contribution in [2.24, 2.45) is 0 Å². The van der Waals surface area contributed by atoms with Crippen molar-refractivity contribution in [3.63, 3.8) is 0 Å². The molecule has 0 radical (unpaired) electrons. The van der Waals surface area contributed by atoms with Crippen molar-refractivity contribution in [1.29, 1.82) is 0 Å². The number of rotatable bonds is 5. The third-order valence-corrected chi connectivity index (χ3v) is 6.78. The van der Waals surface area contributed by atoms with Gasteiger partial charge in [0.1, 0.15) is 23.5 Å². The van der Waals surface area contributed by atoms with Crippen molar-refractivity contribution in [2.45, 2.75) is 31.5 Å². The van der Waals surface area contributed by atoms with E-state index in [-0.39, 0.29) is 12.0 Å². The fraction of sp³-hybridized carbons (Fsp3) is 0.296. The molecular weight excluding hydrogens is 402 g/mol. The standard InChI is InChI=1S/C27H25NO4/c1-18(31-16-19-7-3-2-4-8-19)15-28-23-10-6-5-9-21(23)27(26(28)29)17-32-25-14-24-20(11-12-30-24)13-22(25)27/h2-10,13-14,18H,11-12,15-17H2,1H3/t18-,27?/m0/s1. The van der Waals surface area contributed by atoms with Crippen LogP contribution in [0.25, 0.3) is 0 Å². The molecule has 32 heavy (non-hydrogen) atoms. The maximum absolute atomic E-state index is 14.0. The van der Waals surface area contributed by atoms with E-state index < -0.39 is 5.41 Å². The van der Waals surface area contributed by atoms with Crippen LogP contribution in [0.2, 0.25) is 0 Å². The molecule has 2 atom stereocenters. The first-order valence-corrected chi connectivity index (χ1v) is 11.2. The van der Waals surface area contributed by atoms with E-state index in [9.17, 15) is 4.79 Å². The summed E-state index contributed by atoms with van der Waals surface area (Å²) >= 11 is 0. The molecule has 0 aliphatic carbocycles. The molecule has 1 spiro atoms. The number of benzene rings is 3. The number of anilines is 1. The summed E-state index contributed by atoms with van der Waals surface area (Å²) in [7, 11) is 0. The van der Waals surface area contributed by atoms with Gasteiger partial charge in [0.25, 0.3) is 0 Å². The lowest BCUT2D eigenvalue weighted by Gasteiger charge is -2.25. The zero-order chi connectivity index (χ0) is 21.7. The van der Waals surface area contributed by atoms with Crippen molar-refractivity contribution in [2.75, 3.05) is 24.7 Å². The van der Waals surface area contributed by atoms with Gasteiger partial charge in [-0.2, -0.15) is 0 Å². The van der Waals surface area contributed by atoms with Crippen LogP contribution >= 0.6 is 0 Å². The Morgan fingerprint density at radius 1 is 1.00 bits per heavy atom. The van der Waals surface area contributed by atoms with Gasteiger partial charge in [0.2, 0.25) is 5.91 Å². The predicted molar refractivity (Wildman–Crippen MR) is 121 cm³/mol. The number of amides is 1. The van der Waals surface area contributed by atoms with Crippen LogP contribution in [-0.2, 0) is 28.0 Å². The van der Waals surface area contributed by atoms with Gasteiger partial charge in [-0.25, -0.2) is 0 Å². The van der Waals surface area contributed by atoms with Crippen molar-refractivity contribution in [3.8, 4) is 11.5 Å². The van der Waals surface area contributed by atoms with Gasteiger partial charge in [0.05, 0.1) is 25.9 Å². The lowest BCUT2D eigenvalue weighted by molar-refractivity contribution is -0.122. The second-order valence-corrected chi connectivity index (χ2v) is 8.79. The minimum atomic E-state index is -0.803. The van der Waals surface area contributed by atoms with E-state index in [1.54, 1.807) is 0 Å². The Bertz CT molecular complexity index is 1190. The third kappa shape index (κ3) is 2.84. The molecule has 5 heteroatoms.